The van der Waals surface area contributed by atoms with Gasteiger partial charge in [0.2, 0.25) is 5.91 Å². The van der Waals surface area contributed by atoms with E-state index >= 15 is 0 Å². The zero-order valence-electron chi connectivity index (χ0n) is 14.5. The maximum absolute atomic E-state index is 12.2. The fourth-order valence-electron chi connectivity index (χ4n) is 3.18. The Bertz CT molecular complexity index is 767. The van der Waals surface area contributed by atoms with E-state index in [4.69, 9.17) is 4.74 Å². The molecule has 2 aromatic heterocycles. The van der Waals surface area contributed by atoms with Crippen LogP contribution in [0.15, 0.2) is 41.1 Å². The van der Waals surface area contributed by atoms with Crippen LogP contribution in [-0.2, 0) is 9.53 Å². The minimum absolute atomic E-state index is 0.0745. The number of hydrogen-bond donors (Lipinski definition) is 1. The molecule has 7 nitrogen and oxygen atoms in total. The minimum Gasteiger partial charge on any atom is -0.464 e. The summed E-state index contributed by atoms with van der Waals surface area (Å²) in [5, 5.41) is 2.81. The SMILES string of the molecule is COC(=O)c1cccn1C1CCN(CC(=O)Nc2ccc(Br)cn2)CC1. The van der Waals surface area contributed by atoms with Crippen LogP contribution >= 0.6 is 15.9 Å². The molecule has 0 bridgehead atoms. The van der Waals surface area contributed by atoms with Crippen LogP contribution in [0.1, 0.15) is 29.4 Å². The molecule has 1 aliphatic heterocycles. The van der Waals surface area contributed by atoms with Gasteiger partial charge in [-0.15, -0.1) is 0 Å². The van der Waals surface area contributed by atoms with Crippen molar-refractivity contribution in [1.29, 1.82) is 0 Å². The lowest BCUT2D eigenvalue weighted by atomic mass is 10.0. The van der Waals surface area contributed by atoms with Gasteiger partial charge in [-0.2, -0.15) is 0 Å². The second-order valence-electron chi connectivity index (χ2n) is 6.21. The summed E-state index contributed by atoms with van der Waals surface area (Å²) in [5.41, 5.74) is 0.574. The van der Waals surface area contributed by atoms with E-state index in [1.807, 2.05) is 22.9 Å². The van der Waals surface area contributed by atoms with Crippen LogP contribution in [0.4, 0.5) is 5.82 Å². The van der Waals surface area contributed by atoms with Crippen molar-refractivity contribution in [3.05, 3.63) is 46.8 Å². The third kappa shape index (κ3) is 4.50. The molecule has 0 atom stereocenters. The van der Waals surface area contributed by atoms with Crippen LogP contribution in [0.2, 0.25) is 0 Å². The number of anilines is 1. The quantitative estimate of drug-likeness (QED) is 0.752. The van der Waals surface area contributed by atoms with Gasteiger partial charge < -0.3 is 14.6 Å². The molecule has 0 radical (unpaired) electrons. The van der Waals surface area contributed by atoms with Gasteiger partial charge in [0.25, 0.3) is 0 Å². The van der Waals surface area contributed by atoms with Crippen molar-refractivity contribution < 1.29 is 14.3 Å². The number of likely N-dealkylation sites (tertiary alicyclic amines) is 1. The van der Waals surface area contributed by atoms with Gasteiger partial charge in [-0.1, -0.05) is 0 Å². The van der Waals surface area contributed by atoms with E-state index in [9.17, 15) is 9.59 Å². The lowest BCUT2D eigenvalue weighted by Crippen LogP contribution is -2.40. The Balaban J connectivity index is 1.51. The van der Waals surface area contributed by atoms with E-state index in [2.05, 4.69) is 31.1 Å². The molecule has 26 heavy (non-hydrogen) atoms. The van der Waals surface area contributed by atoms with E-state index in [1.165, 1.54) is 7.11 Å². The largest absolute Gasteiger partial charge is 0.464 e. The van der Waals surface area contributed by atoms with Gasteiger partial charge in [-0.05, 0) is 53.0 Å². The van der Waals surface area contributed by atoms with Gasteiger partial charge >= 0.3 is 5.97 Å². The number of amides is 1. The molecule has 1 fully saturated rings. The van der Waals surface area contributed by atoms with Crippen LogP contribution in [0, 0.1) is 0 Å². The first kappa shape index (κ1) is 18.6. The zero-order valence-corrected chi connectivity index (χ0v) is 16.1. The van der Waals surface area contributed by atoms with E-state index in [1.54, 1.807) is 18.3 Å². The Morgan fingerprint density at radius 3 is 2.73 bits per heavy atom. The summed E-state index contributed by atoms with van der Waals surface area (Å²) >= 11 is 3.32. The Morgan fingerprint density at radius 1 is 1.31 bits per heavy atom. The van der Waals surface area contributed by atoms with Gasteiger partial charge in [0, 0.05) is 36.0 Å². The number of piperidine rings is 1. The lowest BCUT2D eigenvalue weighted by molar-refractivity contribution is -0.117. The molecule has 2 aromatic rings. The first-order valence-corrected chi connectivity index (χ1v) is 9.25. The smallest absolute Gasteiger partial charge is 0.354 e. The molecule has 0 aliphatic carbocycles. The number of ether oxygens (including phenoxy) is 1. The fraction of sp³-hybridized carbons (Fsp3) is 0.389. The molecule has 0 saturated carbocycles. The van der Waals surface area contributed by atoms with Gasteiger partial charge in [-0.25, -0.2) is 9.78 Å². The van der Waals surface area contributed by atoms with Crippen molar-refractivity contribution in [1.82, 2.24) is 14.5 Å². The average Bonchev–Trinajstić information content (AvgIpc) is 3.13. The highest BCUT2D eigenvalue weighted by molar-refractivity contribution is 9.10. The molecule has 3 rings (SSSR count). The number of carbonyl (C=O) groups excluding carboxylic acids is 2. The Hall–Kier alpha value is -2.19. The number of halogens is 1. The molecule has 138 valence electrons. The predicted octanol–water partition coefficient (Wildman–Crippen LogP) is 2.71. The summed E-state index contributed by atoms with van der Waals surface area (Å²) in [5.74, 6) is 0.149. The summed E-state index contributed by atoms with van der Waals surface area (Å²) < 4.78 is 7.68. The normalized spacial score (nSPS) is 15.6. The second kappa shape index (κ2) is 8.46. The number of pyridine rings is 1. The number of nitrogens with one attached hydrogen (secondary N) is 1. The van der Waals surface area contributed by atoms with Crippen molar-refractivity contribution in [2.45, 2.75) is 18.9 Å². The summed E-state index contributed by atoms with van der Waals surface area (Å²) in [7, 11) is 1.39. The molecular formula is C18H21BrN4O3. The third-order valence-corrected chi connectivity index (χ3v) is 4.96. The Morgan fingerprint density at radius 2 is 2.08 bits per heavy atom. The molecule has 0 unspecified atom stereocenters. The first-order chi connectivity index (χ1) is 12.6. The van der Waals surface area contributed by atoms with Crippen molar-refractivity contribution in [3.63, 3.8) is 0 Å². The lowest BCUT2D eigenvalue weighted by Gasteiger charge is -2.32. The molecule has 1 saturated heterocycles. The number of aromatic nitrogens is 2. The summed E-state index contributed by atoms with van der Waals surface area (Å²) in [6, 6.07) is 7.47. The van der Waals surface area contributed by atoms with Crippen LogP contribution in [0.3, 0.4) is 0 Å². The first-order valence-electron chi connectivity index (χ1n) is 8.45. The topological polar surface area (TPSA) is 76.5 Å². The maximum atomic E-state index is 12.2. The van der Waals surface area contributed by atoms with Crippen molar-refractivity contribution in [2.24, 2.45) is 0 Å². The fourth-order valence-corrected chi connectivity index (χ4v) is 3.42. The maximum Gasteiger partial charge on any atom is 0.354 e. The number of esters is 1. The van der Waals surface area contributed by atoms with Crippen molar-refractivity contribution in [3.8, 4) is 0 Å². The number of carbonyl (C=O) groups is 2. The summed E-state index contributed by atoms with van der Waals surface area (Å²) in [6.45, 7) is 1.93. The van der Waals surface area contributed by atoms with Gasteiger partial charge in [0.15, 0.2) is 0 Å². The van der Waals surface area contributed by atoms with E-state index < -0.39 is 0 Å². The van der Waals surface area contributed by atoms with Crippen LogP contribution in [0.5, 0.6) is 0 Å². The molecule has 0 aromatic carbocycles. The number of nitrogens with zero attached hydrogens (tertiary/aromatic N) is 3. The highest BCUT2D eigenvalue weighted by Crippen LogP contribution is 2.24. The standard InChI is InChI=1S/C18H21BrN4O3/c1-26-18(25)15-3-2-8-23(15)14-6-9-22(10-7-14)12-17(24)21-16-5-4-13(19)11-20-16/h2-5,8,11,14H,6-7,9-10,12H2,1H3,(H,20,21,24). The number of methoxy groups -OCH3 is 1. The van der Waals surface area contributed by atoms with E-state index in [-0.39, 0.29) is 17.9 Å². The molecular weight excluding hydrogens is 400 g/mol. The summed E-state index contributed by atoms with van der Waals surface area (Å²) in [4.78, 5) is 30.3. The Labute approximate surface area is 160 Å². The highest BCUT2D eigenvalue weighted by Gasteiger charge is 2.24. The number of rotatable bonds is 5. The van der Waals surface area contributed by atoms with E-state index in [0.29, 0.717) is 18.1 Å². The van der Waals surface area contributed by atoms with Gasteiger partial charge in [0.05, 0.1) is 13.7 Å². The van der Waals surface area contributed by atoms with E-state index in [0.717, 1.165) is 30.4 Å². The van der Waals surface area contributed by atoms with Crippen LogP contribution in [-0.4, -0.2) is 53.1 Å². The average molecular weight is 421 g/mol. The highest BCUT2D eigenvalue weighted by atomic mass is 79.9. The molecule has 8 heteroatoms. The van der Waals surface area contributed by atoms with Gasteiger partial charge in [0.1, 0.15) is 11.5 Å². The van der Waals surface area contributed by atoms with Crippen molar-refractivity contribution >= 4 is 33.6 Å². The third-order valence-electron chi connectivity index (χ3n) is 4.49. The summed E-state index contributed by atoms with van der Waals surface area (Å²) in [6.07, 6.45) is 5.32. The monoisotopic (exact) mass is 420 g/mol. The molecule has 1 N–H and O–H groups in total. The predicted molar refractivity (Wildman–Crippen MR) is 101 cm³/mol. The van der Waals surface area contributed by atoms with Gasteiger partial charge in [-0.3, -0.25) is 9.69 Å². The number of hydrogen-bond acceptors (Lipinski definition) is 5. The zero-order chi connectivity index (χ0) is 18.5. The molecule has 0 spiro atoms. The Kier molecular flexibility index (Phi) is 6.05. The second-order valence-corrected chi connectivity index (χ2v) is 7.13. The molecule has 1 aliphatic rings. The molecule has 1 amide bonds. The van der Waals surface area contributed by atoms with Crippen LogP contribution in [0.25, 0.3) is 0 Å². The van der Waals surface area contributed by atoms with Crippen molar-refractivity contribution in [2.75, 3.05) is 32.1 Å². The minimum atomic E-state index is -0.321. The molecule has 3 heterocycles. The van der Waals surface area contributed by atoms with Crippen LogP contribution < -0.4 is 5.32 Å².